The third-order valence-electron chi connectivity index (χ3n) is 3.28. The lowest BCUT2D eigenvalue weighted by Crippen LogP contribution is -2.32. The Kier molecular flexibility index (Phi) is 6.41. The molecule has 0 amide bonds. The number of nitrogens with zero attached hydrogens (tertiary/aromatic N) is 2. The van der Waals surface area contributed by atoms with E-state index in [0.29, 0.717) is 24.7 Å². The largest absolute Gasteiger partial charge is 0.396 e. The van der Waals surface area contributed by atoms with Crippen LogP contribution < -0.4 is 5.32 Å². The zero-order valence-corrected chi connectivity index (χ0v) is 12.3. The molecule has 112 valence electrons. The Hall–Kier alpha value is -1.66. The Balaban J connectivity index is 3.00. The van der Waals surface area contributed by atoms with Crippen molar-refractivity contribution in [2.24, 2.45) is 0 Å². The molecular weight excluding hydrogens is 258 g/mol. The molecular formula is C14H23N3O3. The fraction of sp³-hybridized carbons (Fsp3) is 0.571. The monoisotopic (exact) mass is 281 g/mol. The maximum Gasteiger partial charge on any atom is 0.292 e. The van der Waals surface area contributed by atoms with Crippen molar-refractivity contribution in [3.63, 3.8) is 0 Å². The van der Waals surface area contributed by atoms with Crippen LogP contribution in [-0.4, -0.2) is 41.2 Å². The predicted octanol–water partition coefficient (Wildman–Crippen LogP) is 2.23. The van der Waals surface area contributed by atoms with E-state index in [0.717, 1.165) is 12.1 Å². The summed E-state index contributed by atoms with van der Waals surface area (Å²) in [5.74, 6) is 0. The van der Waals surface area contributed by atoms with Crippen LogP contribution in [0.1, 0.15) is 25.8 Å². The van der Waals surface area contributed by atoms with E-state index in [9.17, 15) is 10.1 Å². The van der Waals surface area contributed by atoms with Gasteiger partial charge in [-0.05, 0) is 25.8 Å². The van der Waals surface area contributed by atoms with Gasteiger partial charge in [0.15, 0.2) is 0 Å². The molecule has 0 aliphatic carbocycles. The van der Waals surface area contributed by atoms with Crippen LogP contribution in [0.5, 0.6) is 0 Å². The van der Waals surface area contributed by atoms with Gasteiger partial charge < -0.3 is 10.4 Å². The van der Waals surface area contributed by atoms with Crippen LogP contribution in [0.25, 0.3) is 0 Å². The van der Waals surface area contributed by atoms with Gasteiger partial charge in [-0.1, -0.05) is 12.1 Å². The second-order valence-corrected chi connectivity index (χ2v) is 4.96. The molecule has 1 aromatic carbocycles. The van der Waals surface area contributed by atoms with Crippen LogP contribution in [0.15, 0.2) is 18.2 Å². The highest BCUT2D eigenvalue weighted by molar-refractivity contribution is 5.66. The number of benzene rings is 1. The van der Waals surface area contributed by atoms with E-state index in [1.807, 2.05) is 6.07 Å². The number of aliphatic hydroxyl groups is 1. The SMILES string of the molecule is CNc1c(CN(CCCO)C(C)C)cccc1[N+](=O)[O-]. The van der Waals surface area contributed by atoms with Crippen molar-refractivity contribution in [2.45, 2.75) is 32.9 Å². The molecule has 1 rings (SSSR count). The molecule has 0 bridgehead atoms. The van der Waals surface area contributed by atoms with Crippen LogP contribution in [-0.2, 0) is 6.54 Å². The first-order valence-electron chi connectivity index (χ1n) is 6.80. The van der Waals surface area contributed by atoms with Gasteiger partial charge in [-0.25, -0.2) is 0 Å². The molecule has 0 fully saturated rings. The predicted molar refractivity (Wildman–Crippen MR) is 79.9 cm³/mol. The standard InChI is InChI=1S/C14H23N3O3/c1-11(2)16(8-5-9-18)10-12-6-4-7-13(17(19)20)14(12)15-3/h4,6-7,11,15,18H,5,8-10H2,1-3H3. The number of anilines is 1. The summed E-state index contributed by atoms with van der Waals surface area (Å²) in [7, 11) is 1.69. The van der Waals surface area contributed by atoms with Gasteiger partial charge in [0.1, 0.15) is 5.69 Å². The smallest absolute Gasteiger partial charge is 0.292 e. The zero-order valence-electron chi connectivity index (χ0n) is 12.3. The molecule has 0 heterocycles. The van der Waals surface area contributed by atoms with Crippen molar-refractivity contribution in [2.75, 3.05) is 25.5 Å². The minimum absolute atomic E-state index is 0.0934. The Bertz CT molecular complexity index is 449. The second kappa shape index (κ2) is 7.81. The summed E-state index contributed by atoms with van der Waals surface area (Å²) in [6.45, 7) is 5.69. The van der Waals surface area contributed by atoms with Gasteiger partial charge in [0.25, 0.3) is 5.69 Å². The van der Waals surface area contributed by atoms with Crippen molar-refractivity contribution in [3.05, 3.63) is 33.9 Å². The highest BCUT2D eigenvalue weighted by Crippen LogP contribution is 2.29. The topological polar surface area (TPSA) is 78.6 Å². The molecule has 0 aliphatic heterocycles. The first-order valence-corrected chi connectivity index (χ1v) is 6.80. The molecule has 6 nitrogen and oxygen atoms in total. The summed E-state index contributed by atoms with van der Waals surface area (Å²) < 4.78 is 0. The number of nitro benzene ring substituents is 1. The maximum absolute atomic E-state index is 11.0. The highest BCUT2D eigenvalue weighted by atomic mass is 16.6. The van der Waals surface area contributed by atoms with Gasteiger partial charge in [-0.15, -0.1) is 0 Å². The van der Waals surface area contributed by atoms with Crippen molar-refractivity contribution in [1.29, 1.82) is 0 Å². The Labute approximate surface area is 119 Å². The summed E-state index contributed by atoms with van der Waals surface area (Å²) in [5, 5.41) is 22.9. The van der Waals surface area contributed by atoms with Crippen molar-refractivity contribution in [1.82, 2.24) is 4.90 Å². The molecule has 0 radical (unpaired) electrons. The van der Waals surface area contributed by atoms with Gasteiger partial charge >= 0.3 is 0 Å². The summed E-state index contributed by atoms with van der Waals surface area (Å²) in [6, 6.07) is 5.42. The van der Waals surface area contributed by atoms with Gasteiger partial charge in [0.2, 0.25) is 0 Å². The van der Waals surface area contributed by atoms with Crippen molar-refractivity contribution >= 4 is 11.4 Å². The van der Waals surface area contributed by atoms with Crippen LogP contribution in [0.4, 0.5) is 11.4 Å². The fourth-order valence-electron chi connectivity index (χ4n) is 2.17. The molecule has 0 spiro atoms. The first-order chi connectivity index (χ1) is 9.51. The number of aliphatic hydroxyl groups excluding tert-OH is 1. The van der Waals surface area contributed by atoms with E-state index in [4.69, 9.17) is 5.11 Å². The minimum atomic E-state index is -0.372. The second-order valence-electron chi connectivity index (χ2n) is 4.96. The molecule has 0 saturated heterocycles. The molecule has 20 heavy (non-hydrogen) atoms. The summed E-state index contributed by atoms with van der Waals surface area (Å²) in [5.41, 5.74) is 1.55. The zero-order chi connectivity index (χ0) is 15.1. The van der Waals surface area contributed by atoms with Crippen LogP contribution in [0, 0.1) is 10.1 Å². The molecule has 2 N–H and O–H groups in total. The van der Waals surface area contributed by atoms with Crippen LogP contribution in [0.3, 0.4) is 0 Å². The normalized spacial score (nSPS) is 11.1. The summed E-state index contributed by atoms with van der Waals surface area (Å²) in [6.07, 6.45) is 0.696. The lowest BCUT2D eigenvalue weighted by Gasteiger charge is -2.27. The van der Waals surface area contributed by atoms with Crippen LogP contribution >= 0.6 is 0 Å². The summed E-state index contributed by atoms with van der Waals surface area (Å²) in [4.78, 5) is 12.9. The van der Waals surface area contributed by atoms with E-state index < -0.39 is 0 Å². The third kappa shape index (κ3) is 4.18. The van der Waals surface area contributed by atoms with E-state index in [1.54, 1.807) is 13.1 Å². The maximum atomic E-state index is 11.0. The molecule has 0 unspecified atom stereocenters. The third-order valence-corrected chi connectivity index (χ3v) is 3.28. The average molecular weight is 281 g/mol. The first kappa shape index (κ1) is 16.4. The van der Waals surface area contributed by atoms with Crippen molar-refractivity contribution in [3.8, 4) is 0 Å². The van der Waals surface area contributed by atoms with Gasteiger partial charge in [-0.2, -0.15) is 0 Å². The highest BCUT2D eigenvalue weighted by Gasteiger charge is 2.18. The van der Waals surface area contributed by atoms with Crippen LogP contribution in [0.2, 0.25) is 0 Å². The Morgan fingerprint density at radius 1 is 1.45 bits per heavy atom. The fourth-order valence-corrected chi connectivity index (χ4v) is 2.17. The van der Waals surface area contributed by atoms with Gasteiger partial charge in [0.05, 0.1) is 4.92 Å². The quantitative estimate of drug-likeness (QED) is 0.564. The number of hydrogen-bond donors (Lipinski definition) is 2. The minimum Gasteiger partial charge on any atom is -0.396 e. The number of hydrogen-bond acceptors (Lipinski definition) is 5. The molecule has 1 aromatic rings. The Morgan fingerprint density at radius 2 is 2.15 bits per heavy atom. The number of para-hydroxylation sites is 1. The van der Waals surface area contributed by atoms with Gasteiger partial charge in [-0.3, -0.25) is 15.0 Å². The Morgan fingerprint density at radius 3 is 2.65 bits per heavy atom. The summed E-state index contributed by atoms with van der Waals surface area (Å²) >= 11 is 0. The van der Waals surface area contributed by atoms with E-state index in [1.165, 1.54) is 6.07 Å². The molecule has 0 aliphatic rings. The number of nitro groups is 1. The lowest BCUT2D eigenvalue weighted by atomic mass is 10.1. The van der Waals surface area contributed by atoms with Gasteiger partial charge in [0, 0.05) is 38.9 Å². The van der Waals surface area contributed by atoms with Crippen molar-refractivity contribution < 1.29 is 10.0 Å². The molecule has 0 saturated carbocycles. The number of nitrogens with one attached hydrogen (secondary N) is 1. The van der Waals surface area contributed by atoms with E-state index in [-0.39, 0.29) is 17.2 Å². The molecule has 0 atom stereocenters. The molecule has 0 aromatic heterocycles. The number of rotatable bonds is 8. The lowest BCUT2D eigenvalue weighted by molar-refractivity contribution is -0.384. The van der Waals surface area contributed by atoms with E-state index in [2.05, 4.69) is 24.1 Å². The molecule has 6 heteroatoms. The van der Waals surface area contributed by atoms with E-state index >= 15 is 0 Å². The average Bonchev–Trinajstić information content (AvgIpc) is 2.42.